The molecule has 2 atom stereocenters. The lowest BCUT2D eigenvalue weighted by molar-refractivity contribution is -0.170. The predicted molar refractivity (Wildman–Crippen MR) is 119 cm³/mol. The molecule has 0 aromatic heterocycles. The highest BCUT2D eigenvalue weighted by atomic mass is 35.5. The Hall–Kier alpha value is 0.180. The normalized spacial score (nSPS) is 27.4. The number of piperazine rings is 1. The Morgan fingerprint density at radius 1 is 1.11 bits per heavy atom. The van der Waals surface area contributed by atoms with E-state index in [9.17, 15) is 4.79 Å². The molecule has 2 fully saturated rings. The highest BCUT2D eigenvalue weighted by Crippen LogP contribution is 2.49. The molecule has 9 heteroatoms. The second-order valence-electron chi connectivity index (χ2n) is 7.73. The molecule has 2 aliphatic rings. The average Bonchev–Trinajstić information content (AvgIpc) is 2.58. The maximum absolute atomic E-state index is 12.5. The molecule has 27 heavy (non-hydrogen) atoms. The number of hydrogen-bond acceptors (Lipinski definition) is 5. The molecular weight excluding hydrogens is 411 g/mol. The molecule has 0 spiro atoms. The fourth-order valence-corrected chi connectivity index (χ4v) is 3.81. The highest BCUT2D eigenvalue weighted by Gasteiger charge is 2.62. The number of rotatable bonds is 8. The minimum atomic E-state index is -0.806. The van der Waals surface area contributed by atoms with E-state index in [4.69, 9.17) is 10.5 Å². The van der Waals surface area contributed by atoms with Crippen LogP contribution in [0.25, 0.3) is 0 Å². The Balaban J connectivity index is 0. The zero-order valence-corrected chi connectivity index (χ0v) is 19.6. The molecule has 2 rings (SSSR count). The van der Waals surface area contributed by atoms with Gasteiger partial charge in [0.25, 0.3) is 0 Å². The molecule has 164 valence electrons. The summed E-state index contributed by atoms with van der Waals surface area (Å²) in [5.74, 6) is -0.0285. The molecule has 1 aliphatic heterocycles. The van der Waals surface area contributed by atoms with Crippen LogP contribution in [0.4, 0.5) is 0 Å². The lowest BCUT2D eigenvalue weighted by Gasteiger charge is -2.57. The van der Waals surface area contributed by atoms with Crippen LogP contribution in [0.15, 0.2) is 0 Å². The summed E-state index contributed by atoms with van der Waals surface area (Å²) in [5, 5.41) is 3.05. The monoisotopic (exact) mass is 448 g/mol. The van der Waals surface area contributed by atoms with E-state index in [2.05, 4.69) is 22.0 Å². The number of amides is 1. The molecule has 6 nitrogen and oxygen atoms in total. The summed E-state index contributed by atoms with van der Waals surface area (Å²) < 4.78 is 5.69. The first-order valence-electron chi connectivity index (χ1n) is 9.48. The van der Waals surface area contributed by atoms with Crippen LogP contribution >= 0.6 is 37.2 Å². The lowest BCUT2D eigenvalue weighted by atomic mass is 9.54. The van der Waals surface area contributed by atoms with Crippen LogP contribution in [-0.4, -0.2) is 79.8 Å². The second-order valence-corrected chi connectivity index (χ2v) is 7.73. The third-order valence-corrected chi connectivity index (χ3v) is 6.08. The molecule has 3 N–H and O–H groups in total. The van der Waals surface area contributed by atoms with Crippen LogP contribution in [-0.2, 0) is 9.53 Å². The number of carbonyl (C=O) groups excluding carboxylic acids is 1. The molecule has 0 bridgehead atoms. The number of nitrogens with two attached hydrogens (primary N) is 1. The molecule has 1 heterocycles. The van der Waals surface area contributed by atoms with E-state index >= 15 is 0 Å². The van der Waals surface area contributed by atoms with Crippen LogP contribution in [0.3, 0.4) is 0 Å². The molecule has 0 radical (unpaired) electrons. The summed E-state index contributed by atoms with van der Waals surface area (Å²) in [6.07, 6.45) is 1.66. The second kappa shape index (κ2) is 12.7. The maximum atomic E-state index is 12.5. The fourth-order valence-electron chi connectivity index (χ4n) is 3.81. The van der Waals surface area contributed by atoms with E-state index in [-0.39, 0.29) is 54.6 Å². The minimum absolute atomic E-state index is 0. The molecule has 1 amide bonds. The van der Waals surface area contributed by atoms with Crippen molar-refractivity contribution in [3.63, 3.8) is 0 Å². The van der Waals surface area contributed by atoms with E-state index in [1.54, 1.807) is 0 Å². The number of halogens is 3. The van der Waals surface area contributed by atoms with Crippen molar-refractivity contribution >= 4 is 43.1 Å². The van der Waals surface area contributed by atoms with Crippen LogP contribution in [0, 0.1) is 5.41 Å². The fraction of sp³-hybridized carbons (Fsp3) is 0.944. The Morgan fingerprint density at radius 3 is 2.15 bits per heavy atom. The molecule has 1 aliphatic carbocycles. The van der Waals surface area contributed by atoms with E-state index < -0.39 is 5.54 Å². The van der Waals surface area contributed by atoms with Gasteiger partial charge in [-0.05, 0) is 26.4 Å². The Kier molecular flexibility index (Phi) is 13.8. The first-order chi connectivity index (χ1) is 11.3. The number of ether oxygens (including phenoxy) is 1. The third kappa shape index (κ3) is 6.59. The van der Waals surface area contributed by atoms with Crippen LogP contribution in [0.2, 0.25) is 0 Å². The van der Waals surface area contributed by atoms with Crippen molar-refractivity contribution in [1.82, 2.24) is 15.1 Å². The van der Waals surface area contributed by atoms with Crippen molar-refractivity contribution in [3.8, 4) is 0 Å². The van der Waals surface area contributed by atoms with E-state index in [1.807, 2.05) is 20.8 Å². The van der Waals surface area contributed by atoms with Gasteiger partial charge in [-0.1, -0.05) is 20.8 Å². The standard InChI is InChI=1S/C18H36N4O2.3ClH/c1-5-21-10-12-22(13-11-21)9-7-8-20-16(23)18(19)14-15(24-6-2)17(18,3)4;;;/h15H,5-14,19H2,1-4H3,(H,20,23);3*1H. The van der Waals surface area contributed by atoms with E-state index in [0.717, 1.165) is 45.7 Å². The topological polar surface area (TPSA) is 70.8 Å². The van der Waals surface area contributed by atoms with Gasteiger partial charge < -0.3 is 25.6 Å². The van der Waals surface area contributed by atoms with Gasteiger partial charge in [0, 0.05) is 51.2 Å². The van der Waals surface area contributed by atoms with Gasteiger partial charge in [-0.15, -0.1) is 37.2 Å². The number of likely N-dealkylation sites (N-methyl/N-ethyl adjacent to an activating group) is 1. The quantitative estimate of drug-likeness (QED) is 0.554. The van der Waals surface area contributed by atoms with Crippen LogP contribution < -0.4 is 11.1 Å². The van der Waals surface area contributed by atoms with Crippen molar-refractivity contribution in [3.05, 3.63) is 0 Å². The number of hydrogen-bond donors (Lipinski definition) is 2. The van der Waals surface area contributed by atoms with E-state index in [0.29, 0.717) is 19.6 Å². The minimum Gasteiger partial charge on any atom is -0.378 e. The van der Waals surface area contributed by atoms with Crippen molar-refractivity contribution in [2.45, 2.75) is 52.2 Å². The Morgan fingerprint density at radius 2 is 1.67 bits per heavy atom. The zero-order chi connectivity index (χ0) is 17.8. The summed E-state index contributed by atoms with van der Waals surface area (Å²) in [6.45, 7) is 16.4. The summed E-state index contributed by atoms with van der Waals surface area (Å²) in [7, 11) is 0. The first kappa shape index (κ1) is 29.4. The van der Waals surface area contributed by atoms with Crippen molar-refractivity contribution in [2.24, 2.45) is 11.1 Å². The number of carbonyl (C=O) groups is 1. The van der Waals surface area contributed by atoms with Gasteiger partial charge in [0.05, 0.1) is 6.10 Å². The lowest BCUT2D eigenvalue weighted by Crippen LogP contribution is -2.75. The summed E-state index contributed by atoms with van der Waals surface area (Å²) in [5.41, 5.74) is 5.27. The average molecular weight is 450 g/mol. The van der Waals surface area contributed by atoms with Gasteiger partial charge in [0.1, 0.15) is 5.54 Å². The SMILES string of the molecule is CCOC1CC(N)(C(=O)NCCCN2CCN(CC)CC2)C1(C)C.Cl.Cl.Cl. The summed E-state index contributed by atoms with van der Waals surface area (Å²) in [4.78, 5) is 17.5. The van der Waals surface area contributed by atoms with Gasteiger partial charge in [-0.25, -0.2) is 0 Å². The van der Waals surface area contributed by atoms with Crippen molar-refractivity contribution < 1.29 is 9.53 Å². The maximum Gasteiger partial charge on any atom is 0.240 e. The van der Waals surface area contributed by atoms with Gasteiger partial charge in [-0.2, -0.15) is 0 Å². The van der Waals surface area contributed by atoms with Gasteiger partial charge in [0.2, 0.25) is 5.91 Å². The molecule has 0 aromatic carbocycles. The molecule has 1 saturated heterocycles. The van der Waals surface area contributed by atoms with Crippen LogP contribution in [0.5, 0.6) is 0 Å². The Labute approximate surface area is 183 Å². The third-order valence-electron chi connectivity index (χ3n) is 6.08. The smallest absolute Gasteiger partial charge is 0.240 e. The van der Waals surface area contributed by atoms with Gasteiger partial charge in [-0.3, -0.25) is 4.79 Å². The van der Waals surface area contributed by atoms with Gasteiger partial charge in [0.15, 0.2) is 0 Å². The van der Waals surface area contributed by atoms with Crippen molar-refractivity contribution in [2.75, 3.05) is 52.4 Å². The van der Waals surface area contributed by atoms with Crippen molar-refractivity contribution in [1.29, 1.82) is 0 Å². The number of nitrogens with one attached hydrogen (secondary N) is 1. The summed E-state index contributed by atoms with van der Waals surface area (Å²) >= 11 is 0. The largest absolute Gasteiger partial charge is 0.378 e. The highest BCUT2D eigenvalue weighted by molar-refractivity contribution is 5.88. The molecule has 0 aromatic rings. The number of nitrogens with zero attached hydrogens (tertiary/aromatic N) is 2. The Bertz CT molecular complexity index is 435. The molecule has 1 saturated carbocycles. The zero-order valence-electron chi connectivity index (χ0n) is 17.2. The molecular formula is C18H39Cl3N4O2. The predicted octanol–water partition coefficient (Wildman–Crippen LogP) is 1.93. The van der Waals surface area contributed by atoms with Gasteiger partial charge >= 0.3 is 0 Å². The van der Waals surface area contributed by atoms with Crippen LogP contribution in [0.1, 0.15) is 40.5 Å². The first-order valence-corrected chi connectivity index (χ1v) is 9.48. The van der Waals surface area contributed by atoms with E-state index in [1.165, 1.54) is 0 Å². The molecule has 2 unspecified atom stereocenters. The summed E-state index contributed by atoms with van der Waals surface area (Å²) in [6, 6.07) is 0.